The normalized spacial score (nSPS) is 16.9. The van der Waals surface area contributed by atoms with Crippen LogP contribution in [0.2, 0.25) is 0 Å². The molecule has 2 aromatic carbocycles. The van der Waals surface area contributed by atoms with Crippen molar-refractivity contribution in [3.05, 3.63) is 82.5 Å². The molecule has 0 unspecified atom stereocenters. The highest BCUT2D eigenvalue weighted by Crippen LogP contribution is 2.33. The quantitative estimate of drug-likeness (QED) is 0.388. The molecule has 1 aromatic heterocycles. The minimum atomic E-state index is -0.370. The van der Waals surface area contributed by atoms with Gasteiger partial charge < -0.3 is 9.30 Å². The molecule has 0 fully saturated rings. The second-order valence-corrected chi connectivity index (χ2v) is 9.34. The maximum atomic E-state index is 12.7. The van der Waals surface area contributed by atoms with Gasteiger partial charge in [0.15, 0.2) is 5.17 Å². The van der Waals surface area contributed by atoms with Crippen LogP contribution >= 0.6 is 11.8 Å². The van der Waals surface area contributed by atoms with E-state index in [0.29, 0.717) is 17.3 Å². The number of aromatic nitrogens is 1. The lowest BCUT2D eigenvalue weighted by Gasteiger charge is -2.22. The van der Waals surface area contributed by atoms with Gasteiger partial charge in [-0.15, -0.1) is 0 Å². The highest BCUT2D eigenvalue weighted by molar-refractivity contribution is 8.17. The molecular weight excluding hydrogens is 432 g/mol. The Labute approximate surface area is 196 Å². The summed E-state index contributed by atoms with van der Waals surface area (Å²) in [5.74, 6) is 0.671. The van der Waals surface area contributed by atoms with E-state index in [1.807, 2.05) is 61.8 Å². The standard InChI is InChI=1S/C26H24N4O2S/c1-17-8-10-20(11-9-17)32-13-5-12-29-16-19(21-6-3-4-7-23(21)29)14-22-24(27)30-15-18(2)33-26(30)28-25(22)31/h3-4,6-11,14-16,27H,5,12-13H2,1-2H3/b22-14-,27-24?. The van der Waals surface area contributed by atoms with E-state index in [-0.39, 0.29) is 11.7 Å². The van der Waals surface area contributed by atoms with E-state index in [9.17, 15) is 4.79 Å². The van der Waals surface area contributed by atoms with Crippen molar-refractivity contribution in [2.24, 2.45) is 4.99 Å². The van der Waals surface area contributed by atoms with Gasteiger partial charge in [-0.1, -0.05) is 47.7 Å². The summed E-state index contributed by atoms with van der Waals surface area (Å²) in [7, 11) is 0. The van der Waals surface area contributed by atoms with Crippen molar-refractivity contribution in [1.82, 2.24) is 9.47 Å². The van der Waals surface area contributed by atoms with E-state index < -0.39 is 0 Å². The van der Waals surface area contributed by atoms with Crippen LogP contribution in [0.1, 0.15) is 24.5 Å². The predicted molar refractivity (Wildman–Crippen MR) is 135 cm³/mol. The maximum Gasteiger partial charge on any atom is 0.283 e. The Morgan fingerprint density at radius 2 is 1.91 bits per heavy atom. The first kappa shape index (κ1) is 21.3. The van der Waals surface area contributed by atoms with Crippen LogP contribution in [0, 0.1) is 12.3 Å². The van der Waals surface area contributed by atoms with Gasteiger partial charge in [-0.3, -0.25) is 15.1 Å². The van der Waals surface area contributed by atoms with Crippen LogP contribution < -0.4 is 4.74 Å². The lowest BCUT2D eigenvalue weighted by Crippen LogP contribution is -2.35. The van der Waals surface area contributed by atoms with E-state index in [1.165, 1.54) is 17.3 Å². The van der Waals surface area contributed by atoms with Crippen molar-refractivity contribution in [1.29, 1.82) is 5.41 Å². The summed E-state index contributed by atoms with van der Waals surface area (Å²) < 4.78 is 8.06. The van der Waals surface area contributed by atoms with Gasteiger partial charge >= 0.3 is 0 Å². The molecule has 0 radical (unpaired) electrons. The summed E-state index contributed by atoms with van der Waals surface area (Å²) in [4.78, 5) is 19.6. The Hall–Kier alpha value is -3.58. The second kappa shape index (κ2) is 8.75. The number of nitrogens with zero attached hydrogens (tertiary/aromatic N) is 3. The molecule has 6 nitrogen and oxygen atoms in total. The molecular formula is C26H24N4O2S. The smallest absolute Gasteiger partial charge is 0.283 e. The highest BCUT2D eigenvalue weighted by Gasteiger charge is 2.33. The molecule has 1 amide bonds. The van der Waals surface area contributed by atoms with Crippen LogP contribution in [0.5, 0.6) is 5.75 Å². The Balaban J connectivity index is 1.37. The number of para-hydroxylation sites is 1. The molecule has 3 aromatic rings. The number of hydrogen-bond acceptors (Lipinski definition) is 4. The van der Waals surface area contributed by atoms with Gasteiger partial charge in [0.1, 0.15) is 11.6 Å². The maximum absolute atomic E-state index is 12.7. The van der Waals surface area contributed by atoms with Gasteiger partial charge in [-0.05, 0) is 44.5 Å². The summed E-state index contributed by atoms with van der Waals surface area (Å²) >= 11 is 1.41. The predicted octanol–water partition coefficient (Wildman–Crippen LogP) is 5.59. The third kappa shape index (κ3) is 4.24. The largest absolute Gasteiger partial charge is 0.494 e. The molecule has 0 aliphatic carbocycles. The number of aryl methyl sites for hydroxylation is 2. The SMILES string of the molecule is CC1=CN2C(=N)/C(=C/c3cn(CCCOc4ccc(C)cc4)c4ccccc34)C(=O)N=C2S1. The number of rotatable bonds is 6. The highest BCUT2D eigenvalue weighted by atomic mass is 32.2. The number of fused-ring (bicyclic) bond motifs is 2. The van der Waals surface area contributed by atoms with Crippen LogP contribution in [0.15, 0.2) is 76.4 Å². The molecule has 2 aliphatic heterocycles. The van der Waals surface area contributed by atoms with Crippen LogP contribution in [-0.4, -0.2) is 33.0 Å². The van der Waals surface area contributed by atoms with E-state index in [0.717, 1.165) is 40.1 Å². The van der Waals surface area contributed by atoms with Crippen molar-refractivity contribution >= 4 is 45.7 Å². The van der Waals surface area contributed by atoms with Crippen molar-refractivity contribution in [3.63, 3.8) is 0 Å². The van der Waals surface area contributed by atoms with Crippen LogP contribution in [0.25, 0.3) is 17.0 Å². The summed E-state index contributed by atoms with van der Waals surface area (Å²) in [6, 6.07) is 16.2. The zero-order chi connectivity index (χ0) is 22.9. The Morgan fingerprint density at radius 1 is 1.12 bits per heavy atom. The Morgan fingerprint density at radius 3 is 2.73 bits per heavy atom. The number of benzene rings is 2. The topological polar surface area (TPSA) is 70.7 Å². The summed E-state index contributed by atoms with van der Waals surface area (Å²) in [5, 5.41) is 10.2. The Bertz CT molecular complexity index is 1350. The average Bonchev–Trinajstić information content (AvgIpc) is 3.35. The lowest BCUT2D eigenvalue weighted by atomic mass is 10.1. The molecule has 7 heteroatoms. The number of thioether (sulfide) groups is 1. The molecule has 0 saturated heterocycles. The van der Waals surface area contributed by atoms with E-state index in [1.54, 1.807) is 11.0 Å². The number of carbonyl (C=O) groups is 1. The number of amides is 1. The van der Waals surface area contributed by atoms with E-state index >= 15 is 0 Å². The first-order chi connectivity index (χ1) is 16.0. The van der Waals surface area contributed by atoms with Crippen molar-refractivity contribution in [3.8, 4) is 5.75 Å². The number of ether oxygens (including phenoxy) is 1. The zero-order valence-electron chi connectivity index (χ0n) is 18.5. The minimum Gasteiger partial charge on any atom is -0.494 e. The van der Waals surface area contributed by atoms with Crippen molar-refractivity contribution in [2.45, 2.75) is 26.8 Å². The molecule has 0 saturated carbocycles. The first-order valence-electron chi connectivity index (χ1n) is 10.9. The van der Waals surface area contributed by atoms with Crippen LogP contribution in [-0.2, 0) is 11.3 Å². The Kier molecular flexibility index (Phi) is 5.64. The molecule has 0 atom stereocenters. The average molecular weight is 457 g/mol. The fourth-order valence-electron chi connectivity index (χ4n) is 3.99. The minimum absolute atomic E-state index is 0.165. The van der Waals surface area contributed by atoms with Gasteiger partial charge in [-0.2, -0.15) is 4.99 Å². The van der Waals surface area contributed by atoms with E-state index in [2.05, 4.69) is 22.5 Å². The van der Waals surface area contributed by atoms with Crippen molar-refractivity contribution in [2.75, 3.05) is 6.61 Å². The molecule has 0 spiro atoms. The van der Waals surface area contributed by atoms with Crippen LogP contribution in [0.3, 0.4) is 0 Å². The van der Waals surface area contributed by atoms with E-state index in [4.69, 9.17) is 10.1 Å². The van der Waals surface area contributed by atoms with Gasteiger partial charge in [0.25, 0.3) is 5.91 Å². The van der Waals surface area contributed by atoms with Gasteiger partial charge in [-0.25, -0.2) is 0 Å². The fraction of sp³-hybridized carbons (Fsp3) is 0.192. The van der Waals surface area contributed by atoms with Crippen molar-refractivity contribution < 1.29 is 9.53 Å². The molecule has 0 bridgehead atoms. The summed E-state index contributed by atoms with van der Waals surface area (Å²) in [6.45, 7) is 5.41. The number of nitrogens with one attached hydrogen (secondary N) is 1. The van der Waals surface area contributed by atoms with Gasteiger partial charge in [0, 0.05) is 40.3 Å². The number of carbonyl (C=O) groups excluding carboxylic acids is 1. The van der Waals surface area contributed by atoms with Crippen LogP contribution in [0.4, 0.5) is 0 Å². The lowest BCUT2D eigenvalue weighted by molar-refractivity contribution is -0.114. The number of hydrogen-bond donors (Lipinski definition) is 1. The molecule has 2 aliphatic rings. The number of aliphatic imine (C=N–C) groups is 1. The zero-order valence-corrected chi connectivity index (χ0v) is 19.4. The van der Waals surface area contributed by atoms with Gasteiger partial charge in [0.05, 0.1) is 12.2 Å². The second-order valence-electron chi connectivity index (χ2n) is 8.13. The molecule has 1 N–H and O–H groups in total. The fourth-order valence-corrected chi connectivity index (χ4v) is 4.81. The summed E-state index contributed by atoms with van der Waals surface area (Å²) in [6.07, 6.45) is 6.53. The molecule has 5 rings (SSSR count). The van der Waals surface area contributed by atoms with Gasteiger partial charge in [0.2, 0.25) is 0 Å². The first-order valence-corrected chi connectivity index (χ1v) is 11.7. The molecule has 166 valence electrons. The third-order valence-electron chi connectivity index (χ3n) is 5.65. The monoisotopic (exact) mass is 456 g/mol. The third-order valence-corrected chi connectivity index (χ3v) is 6.54. The number of amidine groups is 2. The molecule has 33 heavy (non-hydrogen) atoms. The molecule has 3 heterocycles. The number of allylic oxidation sites excluding steroid dienone is 1. The summed E-state index contributed by atoms with van der Waals surface area (Å²) in [5.41, 5.74) is 3.51.